The summed E-state index contributed by atoms with van der Waals surface area (Å²) in [7, 11) is -4.30. The second-order valence-electron chi connectivity index (χ2n) is 10.6. The zero-order valence-corrected chi connectivity index (χ0v) is 23.5. The van der Waals surface area contributed by atoms with E-state index in [9.17, 15) is 17.6 Å². The molecule has 3 heterocycles. The molecule has 0 aliphatic carbocycles. The summed E-state index contributed by atoms with van der Waals surface area (Å²) in [6.45, 7) is 10.7. The average Bonchev–Trinajstić information content (AvgIpc) is 3.14. The van der Waals surface area contributed by atoms with Gasteiger partial charge in [0.05, 0.1) is 17.4 Å². The Balaban J connectivity index is 1.78. The lowest BCUT2D eigenvalue weighted by molar-refractivity contribution is 0.0981. The van der Waals surface area contributed by atoms with Gasteiger partial charge in [-0.05, 0) is 75.9 Å². The molecule has 0 bridgehead atoms. The van der Waals surface area contributed by atoms with E-state index >= 15 is 0 Å². The number of carbonyl (C=O) groups is 1. The van der Waals surface area contributed by atoms with Gasteiger partial charge >= 0.3 is 0 Å². The Morgan fingerprint density at radius 3 is 2.62 bits per heavy atom. The van der Waals surface area contributed by atoms with Gasteiger partial charge in [-0.1, -0.05) is 19.9 Å². The van der Waals surface area contributed by atoms with Crippen LogP contribution < -0.4 is 20.1 Å². The van der Waals surface area contributed by atoms with Crippen LogP contribution in [-0.4, -0.2) is 42.5 Å². The van der Waals surface area contributed by atoms with E-state index in [1.54, 1.807) is 12.1 Å². The second kappa shape index (κ2) is 10.8. The fourth-order valence-corrected chi connectivity index (χ4v) is 5.80. The zero-order valence-electron chi connectivity index (χ0n) is 22.7. The van der Waals surface area contributed by atoms with Gasteiger partial charge in [-0.3, -0.25) is 4.79 Å². The van der Waals surface area contributed by atoms with E-state index in [2.05, 4.69) is 16.6 Å². The van der Waals surface area contributed by atoms with Crippen molar-refractivity contribution in [3.05, 3.63) is 59.9 Å². The molecule has 11 heteroatoms. The summed E-state index contributed by atoms with van der Waals surface area (Å²) < 4.78 is 48.3. The lowest BCUT2D eigenvalue weighted by Crippen LogP contribution is -2.41. The molecule has 39 heavy (non-hydrogen) atoms. The van der Waals surface area contributed by atoms with E-state index in [1.807, 2.05) is 32.6 Å². The SMILES string of the molecule is CCC(C)Oc1cc(F)cc(-c2ccc(C(=O)NS(=O)(=O)c3cccc(N)n3)c(N3CC(C)CC3(C)C)n2)c1. The maximum absolute atomic E-state index is 14.6. The minimum absolute atomic E-state index is 0.0107. The Bertz CT molecular complexity index is 1500. The van der Waals surface area contributed by atoms with Gasteiger partial charge in [-0.2, -0.15) is 8.42 Å². The van der Waals surface area contributed by atoms with Crippen molar-refractivity contribution >= 4 is 27.6 Å². The second-order valence-corrected chi connectivity index (χ2v) is 12.3. The summed E-state index contributed by atoms with van der Waals surface area (Å²) in [6, 6.07) is 11.6. The number of hydrogen-bond donors (Lipinski definition) is 2. The highest BCUT2D eigenvalue weighted by molar-refractivity contribution is 7.90. The third-order valence-electron chi connectivity index (χ3n) is 6.78. The number of benzene rings is 1. The Morgan fingerprint density at radius 2 is 1.97 bits per heavy atom. The van der Waals surface area contributed by atoms with Gasteiger partial charge in [0.15, 0.2) is 5.03 Å². The number of nitrogens with one attached hydrogen (secondary N) is 1. The van der Waals surface area contributed by atoms with Crippen molar-refractivity contribution in [3.8, 4) is 17.0 Å². The van der Waals surface area contributed by atoms with Crippen LogP contribution in [0.2, 0.25) is 0 Å². The van der Waals surface area contributed by atoms with Gasteiger partial charge in [-0.15, -0.1) is 0 Å². The number of halogens is 1. The van der Waals surface area contributed by atoms with Crippen LogP contribution in [-0.2, 0) is 10.0 Å². The van der Waals surface area contributed by atoms with Crippen molar-refractivity contribution in [2.75, 3.05) is 17.2 Å². The summed E-state index contributed by atoms with van der Waals surface area (Å²) in [5.41, 5.74) is 6.24. The molecular formula is C28H34FN5O4S. The van der Waals surface area contributed by atoms with Crippen molar-refractivity contribution in [1.82, 2.24) is 14.7 Å². The highest BCUT2D eigenvalue weighted by atomic mass is 32.2. The molecule has 208 valence electrons. The number of rotatable bonds is 8. The highest BCUT2D eigenvalue weighted by Crippen LogP contribution is 2.38. The molecule has 2 aromatic heterocycles. The fourth-order valence-electron chi connectivity index (χ4n) is 4.86. The van der Waals surface area contributed by atoms with Crippen LogP contribution in [0.4, 0.5) is 16.0 Å². The quantitative estimate of drug-likeness (QED) is 0.406. The molecule has 2 unspecified atom stereocenters. The molecule has 3 N–H and O–H groups in total. The normalized spacial score (nSPS) is 17.6. The number of ether oxygens (including phenoxy) is 1. The van der Waals surface area contributed by atoms with E-state index in [-0.39, 0.29) is 28.1 Å². The van der Waals surface area contributed by atoms with Gasteiger partial charge < -0.3 is 15.4 Å². The van der Waals surface area contributed by atoms with Crippen LogP contribution in [0.3, 0.4) is 0 Å². The Labute approximate surface area is 228 Å². The van der Waals surface area contributed by atoms with Crippen molar-refractivity contribution in [2.24, 2.45) is 5.92 Å². The Kier molecular flexibility index (Phi) is 7.83. The molecule has 3 aromatic rings. The lowest BCUT2D eigenvalue weighted by Gasteiger charge is -2.34. The number of sulfonamides is 1. The lowest BCUT2D eigenvalue weighted by atomic mass is 9.97. The molecular weight excluding hydrogens is 521 g/mol. The van der Waals surface area contributed by atoms with E-state index in [0.29, 0.717) is 35.3 Å². The standard InChI is InChI=1S/C28H34FN5O4S/c1-6-18(3)38-21-13-19(12-20(29)14-21)23-11-10-22(26(31-23)34-16-17(2)15-28(34,4)5)27(35)33-39(36,37)25-9-7-8-24(30)32-25/h7-14,17-18H,6,15-16H2,1-5H3,(H2,30,32)(H,33,35). The largest absolute Gasteiger partial charge is 0.491 e. The number of aromatic nitrogens is 2. The third kappa shape index (κ3) is 6.30. The van der Waals surface area contributed by atoms with Gasteiger partial charge in [0.1, 0.15) is 23.2 Å². The molecule has 1 aliphatic heterocycles. The van der Waals surface area contributed by atoms with Crippen LogP contribution in [0.5, 0.6) is 5.75 Å². The van der Waals surface area contributed by atoms with Gasteiger partial charge in [0.2, 0.25) is 0 Å². The smallest absolute Gasteiger partial charge is 0.281 e. The zero-order chi connectivity index (χ0) is 28.5. The minimum Gasteiger partial charge on any atom is -0.491 e. The van der Waals surface area contributed by atoms with E-state index in [0.717, 1.165) is 12.8 Å². The minimum atomic E-state index is -4.30. The number of nitrogens with two attached hydrogens (primary N) is 1. The summed E-state index contributed by atoms with van der Waals surface area (Å²) in [5, 5.41) is -0.370. The van der Waals surface area contributed by atoms with Crippen LogP contribution in [0.15, 0.2) is 53.6 Å². The van der Waals surface area contributed by atoms with Crippen molar-refractivity contribution in [3.63, 3.8) is 0 Å². The molecule has 1 aromatic carbocycles. The van der Waals surface area contributed by atoms with E-state index < -0.39 is 21.7 Å². The number of amides is 1. The fraction of sp³-hybridized carbons (Fsp3) is 0.393. The van der Waals surface area contributed by atoms with E-state index in [1.165, 1.54) is 36.4 Å². The van der Waals surface area contributed by atoms with Gasteiger partial charge in [-0.25, -0.2) is 19.1 Å². The highest BCUT2D eigenvalue weighted by Gasteiger charge is 2.39. The van der Waals surface area contributed by atoms with E-state index in [4.69, 9.17) is 15.5 Å². The molecule has 0 spiro atoms. The summed E-state index contributed by atoms with van der Waals surface area (Å²) >= 11 is 0. The molecule has 2 atom stereocenters. The number of hydrogen-bond acceptors (Lipinski definition) is 8. The molecule has 4 rings (SSSR count). The molecule has 1 saturated heterocycles. The molecule has 0 saturated carbocycles. The van der Waals surface area contributed by atoms with Crippen LogP contribution in [0.1, 0.15) is 57.8 Å². The predicted molar refractivity (Wildman–Crippen MR) is 149 cm³/mol. The Morgan fingerprint density at radius 1 is 1.23 bits per heavy atom. The molecule has 1 aliphatic rings. The molecule has 1 amide bonds. The number of nitrogens with zero attached hydrogens (tertiary/aromatic N) is 3. The topological polar surface area (TPSA) is 128 Å². The number of carbonyl (C=O) groups excluding carboxylic acids is 1. The van der Waals surface area contributed by atoms with Crippen molar-refractivity contribution in [2.45, 2.75) is 64.1 Å². The number of anilines is 2. The third-order valence-corrected chi connectivity index (χ3v) is 8.01. The summed E-state index contributed by atoms with van der Waals surface area (Å²) in [4.78, 5) is 24.0. The van der Waals surface area contributed by atoms with Gasteiger partial charge in [0.25, 0.3) is 15.9 Å². The maximum atomic E-state index is 14.6. The first-order valence-electron chi connectivity index (χ1n) is 12.8. The maximum Gasteiger partial charge on any atom is 0.281 e. The Hall–Kier alpha value is -3.73. The molecule has 1 fully saturated rings. The average molecular weight is 556 g/mol. The van der Waals surface area contributed by atoms with Crippen LogP contribution in [0.25, 0.3) is 11.3 Å². The molecule has 9 nitrogen and oxygen atoms in total. The van der Waals surface area contributed by atoms with Gasteiger partial charge in [0, 0.05) is 23.7 Å². The first-order valence-corrected chi connectivity index (χ1v) is 14.3. The monoisotopic (exact) mass is 555 g/mol. The molecule has 0 radical (unpaired) electrons. The summed E-state index contributed by atoms with van der Waals surface area (Å²) in [5.74, 6) is -0.331. The first kappa shape index (κ1) is 28.3. The van der Waals surface area contributed by atoms with Crippen LogP contribution >= 0.6 is 0 Å². The van der Waals surface area contributed by atoms with Crippen molar-refractivity contribution in [1.29, 1.82) is 0 Å². The number of nitrogen functional groups attached to an aromatic ring is 1. The number of pyridine rings is 2. The first-order chi connectivity index (χ1) is 18.3. The summed E-state index contributed by atoms with van der Waals surface area (Å²) in [6.07, 6.45) is 1.50. The predicted octanol–water partition coefficient (Wildman–Crippen LogP) is 4.79. The van der Waals surface area contributed by atoms with Crippen molar-refractivity contribution < 1.29 is 22.3 Å². The van der Waals surface area contributed by atoms with Crippen LogP contribution in [0, 0.1) is 11.7 Å².